The Morgan fingerprint density at radius 2 is 1.84 bits per heavy atom. The molecule has 4 rings (SSSR count). The molecule has 8 nitrogen and oxygen atoms in total. The molecule has 0 bridgehead atoms. The molecule has 1 aromatic carbocycles. The molecule has 11 heteroatoms. The van der Waals surface area contributed by atoms with Gasteiger partial charge in [-0.1, -0.05) is 23.2 Å². The first-order valence-electron chi connectivity index (χ1n) is 9.95. The highest BCUT2D eigenvalue weighted by Crippen LogP contribution is 2.32. The first-order valence-corrected chi connectivity index (χ1v) is 10.7. The summed E-state index contributed by atoms with van der Waals surface area (Å²) in [5, 5.41) is 3.41. The highest BCUT2D eigenvalue weighted by molar-refractivity contribution is 6.35. The average molecular weight is 467 g/mol. The lowest BCUT2D eigenvalue weighted by Gasteiger charge is -2.42. The van der Waals surface area contributed by atoms with Crippen LogP contribution >= 0.6 is 23.2 Å². The molecule has 2 aromatic rings. The fourth-order valence-electron chi connectivity index (χ4n) is 4.10. The quantitative estimate of drug-likeness (QED) is 0.716. The molecule has 164 valence electrons. The van der Waals surface area contributed by atoms with E-state index in [9.17, 15) is 14.0 Å². The van der Waals surface area contributed by atoms with E-state index in [1.165, 1.54) is 23.4 Å². The summed E-state index contributed by atoms with van der Waals surface area (Å²) in [6.07, 6.45) is 3.75. The Hall–Kier alpha value is -2.65. The number of hydrogen-bond acceptors (Lipinski definition) is 6. The lowest BCUT2D eigenvalue weighted by molar-refractivity contribution is -0.143. The second-order valence-corrected chi connectivity index (χ2v) is 8.39. The molecule has 2 saturated heterocycles. The van der Waals surface area contributed by atoms with Crippen molar-refractivity contribution in [2.75, 3.05) is 29.0 Å². The number of anilines is 3. The molecule has 2 amide bonds. The number of nitrogen functional groups attached to an aromatic ring is 1. The molecule has 0 aliphatic carbocycles. The van der Waals surface area contributed by atoms with Gasteiger partial charge in [-0.2, -0.15) is 0 Å². The van der Waals surface area contributed by atoms with Crippen molar-refractivity contribution in [3.8, 4) is 0 Å². The zero-order valence-corrected chi connectivity index (χ0v) is 18.0. The van der Waals surface area contributed by atoms with Crippen molar-refractivity contribution in [2.24, 2.45) is 0 Å². The summed E-state index contributed by atoms with van der Waals surface area (Å²) in [6.45, 7) is 0.891. The van der Waals surface area contributed by atoms with Crippen LogP contribution in [-0.2, 0) is 9.59 Å². The van der Waals surface area contributed by atoms with Gasteiger partial charge in [0.15, 0.2) is 5.82 Å². The maximum absolute atomic E-state index is 13.7. The lowest BCUT2D eigenvalue weighted by atomic mass is 9.97. The molecule has 2 fully saturated rings. The molecule has 31 heavy (non-hydrogen) atoms. The van der Waals surface area contributed by atoms with Crippen LogP contribution in [0.25, 0.3) is 0 Å². The molecule has 2 aliphatic rings. The van der Waals surface area contributed by atoms with E-state index in [0.717, 1.165) is 0 Å². The Morgan fingerprint density at radius 1 is 1.06 bits per heavy atom. The number of hydrogen-bond donors (Lipinski definition) is 2. The number of nitrogens with zero attached hydrogens (tertiary/aromatic N) is 4. The Kier molecular flexibility index (Phi) is 6.15. The van der Waals surface area contributed by atoms with Gasteiger partial charge in [-0.25, -0.2) is 14.4 Å². The highest BCUT2D eigenvalue weighted by Gasteiger charge is 2.41. The Morgan fingerprint density at radius 3 is 2.61 bits per heavy atom. The van der Waals surface area contributed by atoms with Crippen LogP contribution < -0.4 is 16.0 Å². The number of piperidine rings is 2. The molecule has 2 aliphatic heterocycles. The van der Waals surface area contributed by atoms with Crippen LogP contribution in [-0.4, -0.2) is 51.9 Å². The molecule has 1 unspecified atom stereocenters. The molecular formula is C20H21Cl2FN6O2. The SMILES string of the molecule is Nc1ncnc(N2CCC[C@@H](N3CCCC(Nc4cc(F)cc(Cl)c4)C3=O)C2=O)c1Cl. The minimum Gasteiger partial charge on any atom is -0.382 e. The molecule has 2 atom stereocenters. The van der Waals surface area contributed by atoms with Crippen molar-refractivity contribution in [3.63, 3.8) is 0 Å². The minimum atomic E-state index is -0.630. The van der Waals surface area contributed by atoms with E-state index < -0.39 is 17.9 Å². The summed E-state index contributed by atoms with van der Waals surface area (Å²) in [7, 11) is 0. The minimum absolute atomic E-state index is 0.0913. The van der Waals surface area contributed by atoms with Gasteiger partial charge in [-0.15, -0.1) is 0 Å². The number of nitrogens with one attached hydrogen (secondary N) is 1. The second kappa shape index (κ2) is 8.84. The summed E-state index contributed by atoms with van der Waals surface area (Å²) >= 11 is 12.1. The van der Waals surface area contributed by atoms with Gasteiger partial charge in [-0.05, 0) is 43.9 Å². The van der Waals surface area contributed by atoms with Crippen molar-refractivity contribution in [3.05, 3.63) is 40.4 Å². The molecule has 0 spiro atoms. The van der Waals surface area contributed by atoms with Crippen molar-refractivity contribution in [1.29, 1.82) is 0 Å². The van der Waals surface area contributed by atoms with E-state index in [4.69, 9.17) is 28.9 Å². The molecule has 3 heterocycles. The van der Waals surface area contributed by atoms with Crippen LogP contribution in [0.1, 0.15) is 25.7 Å². The van der Waals surface area contributed by atoms with Gasteiger partial charge < -0.3 is 16.0 Å². The maximum Gasteiger partial charge on any atom is 0.250 e. The summed E-state index contributed by atoms with van der Waals surface area (Å²) in [5.74, 6) is -0.616. The smallest absolute Gasteiger partial charge is 0.250 e. The van der Waals surface area contributed by atoms with E-state index in [2.05, 4.69) is 15.3 Å². The van der Waals surface area contributed by atoms with Crippen LogP contribution in [0.2, 0.25) is 10.0 Å². The lowest BCUT2D eigenvalue weighted by Crippen LogP contribution is -2.59. The van der Waals surface area contributed by atoms with Crippen molar-refractivity contribution >= 4 is 52.3 Å². The number of halogens is 3. The fraction of sp³-hybridized carbons (Fsp3) is 0.400. The average Bonchev–Trinajstić information content (AvgIpc) is 2.72. The zero-order chi connectivity index (χ0) is 22.1. The largest absolute Gasteiger partial charge is 0.382 e. The summed E-state index contributed by atoms with van der Waals surface area (Å²) in [5.41, 5.74) is 6.18. The first-order chi connectivity index (χ1) is 14.8. The van der Waals surface area contributed by atoms with E-state index >= 15 is 0 Å². The van der Waals surface area contributed by atoms with Crippen LogP contribution in [0.15, 0.2) is 24.5 Å². The number of rotatable bonds is 4. The predicted octanol–water partition coefficient (Wildman–Crippen LogP) is 3.10. The zero-order valence-electron chi connectivity index (χ0n) is 16.5. The Balaban J connectivity index is 1.53. The number of carbonyl (C=O) groups excluding carboxylic acids is 2. The summed E-state index contributed by atoms with van der Waals surface area (Å²) < 4.78 is 13.7. The topological polar surface area (TPSA) is 104 Å². The Labute approximate surface area is 188 Å². The van der Waals surface area contributed by atoms with E-state index in [1.54, 1.807) is 11.0 Å². The van der Waals surface area contributed by atoms with Crippen LogP contribution in [0.4, 0.5) is 21.7 Å². The predicted molar refractivity (Wildman–Crippen MR) is 117 cm³/mol. The van der Waals surface area contributed by atoms with Crippen LogP contribution in [0.3, 0.4) is 0 Å². The maximum atomic E-state index is 13.7. The van der Waals surface area contributed by atoms with Crippen LogP contribution in [0.5, 0.6) is 0 Å². The van der Waals surface area contributed by atoms with Crippen molar-refractivity contribution in [1.82, 2.24) is 14.9 Å². The van der Waals surface area contributed by atoms with Gasteiger partial charge in [0, 0.05) is 23.8 Å². The molecule has 1 aromatic heterocycles. The van der Waals surface area contributed by atoms with Gasteiger partial charge in [0.05, 0.1) is 0 Å². The van der Waals surface area contributed by atoms with Gasteiger partial charge >= 0.3 is 0 Å². The van der Waals surface area contributed by atoms with Gasteiger partial charge in [0.25, 0.3) is 5.91 Å². The van der Waals surface area contributed by atoms with Gasteiger partial charge in [0.1, 0.15) is 35.1 Å². The van der Waals surface area contributed by atoms with E-state index in [0.29, 0.717) is 44.5 Å². The van der Waals surface area contributed by atoms with Crippen LogP contribution in [0, 0.1) is 5.82 Å². The molecule has 0 radical (unpaired) electrons. The normalized spacial score (nSPS) is 22.0. The van der Waals surface area contributed by atoms with Gasteiger partial charge in [0.2, 0.25) is 5.91 Å². The summed E-state index contributed by atoms with van der Waals surface area (Å²) in [4.78, 5) is 37.5. The molecule has 3 N–H and O–H groups in total. The molecule has 0 saturated carbocycles. The first kappa shape index (κ1) is 21.6. The number of carbonyl (C=O) groups is 2. The highest BCUT2D eigenvalue weighted by atomic mass is 35.5. The molecular weight excluding hydrogens is 446 g/mol. The third-order valence-electron chi connectivity index (χ3n) is 5.52. The monoisotopic (exact) mass is 466 g/mol. The van der Waals surface area contributed by atoms with Crippen molar-refractivity contribution in [2.45, 2.75) is 37.8 Å². The van der Waals surface area contributed by atoms with Gasteiger partial charge in [-0.3, -0.25) is 14.5 Å². The number of nitrogens with two attached hydrogens (primary N) is 1. The van der Waals surface area contributed by atoms with E-state index in [1.807, 2.05) is 0 Å². The standard InChI is InChI=1S/C20H21Cl2FN6O2/c21-11-7-12(23)9-13(8-11)27-14-3-1-5-28(19(14)30)15-4-2-6-29(20(15)31)18-16(22)17(24)25-10-26-18/h7-10,14-15,27H,1-6H2,(H2,24,25,26)/t14?,15-/m1/s1. The number of benzene rings is 1. The number of amides is 2. The van der Waals surface area contributed by atoms with E-state index in [-0.39, 0.29) is 33.5 Å². The third-order valence-corrected chi connectivity index (χ3v) is 6.10. The second-order valence-electron chi connectivity index (χ2n) is 7.57. The summed E-state index contributed by atoms with van der Waals surface area (Å²) in [6, 6.07) is 2.84. The van der Waals surface area contributed by atoms with Crippen molar-refractivity contribution < 1.29 is 14.0 Å². The fourth-order valence-corrected chi connectivity index (χ4v) is 4.52. The number of likely N-dealkylation sites (tertiary alicyclic amines) is 1. The number of aromatic nitrogens is 2. The Bertz CT molecular complexity index is 1000. The third kappa shape index (κ3) is 4.38.